The van der Waals surface area contributed by atoms with Gasteiger partial charge >= 0.3 is 0 Å². The van der Waals surface area contributed by atoms with Crippen molar-refractivity contribution in [3.63, 3.8) is 0 Å². The number of rotatable bonds is 6. The largest absolute Gasteiger partial charge is 0.497 e. The second-order valence-electron chi connectivity index (χ2n) is 5.91. The Morgan fingerprint density at radius 3 is 2.46 bits per heavy atom. The molecule has 0 saturated carbocycles. The molecule has 5 nitrogen and oxygen atoms in total. The fraction of sp³-hybridized carbons (Fsp3) is 0.611. The molecule has 1 atom stereocenters. The van der Waals surface area contributed by atoms with Gasteiger partial charge in [-0.05, 0) is 37.4 Å². The van der Waals surface area contributed by atoms with Gasteiger partial charge in [0.2, 0.25) is 0 Å². The monoisotopic (exact) mass is 350 g/mol. The van der Waals surface area contributed by atoms with Crippen LogP contribution in [0.15, 0.2) is 29.3 Å². The van der Waals surface area contributed by atoms with E-state index in [1.165, 1.54) is 5.69 Å². The van der Waals surface area contributed by atoms with E-state index in [4.69, 9.17) is 9.73 Å². The van der Waals surface area contributed by atoms with Gasteiger partial charge in [-0.25, -0.2) is 0 Å². The Morgan fingerprint density at radius 1 is 1.25 bits per heavy atom. The number of anilines is 1. The summed E-state index contributed by atoms with van der Waals surface area (Å²) in [6.07, 6.45) is 2.14. The van der Waals surface area contributed by atoms with Crippen LogP contribution in [0.1, 0.15) is 13.8 Å². The van der Waals surface area contributed by atoms with Gasteiger partial charge in [-0.2, -0.15) is 11.8 Å². The number of hydrogen-bond acceptors (Lipinski definition) is 4. The van der Waals surface area contributed by atoms with Crippen molar-refractivity contribution < 1.29 is 4.74 Å². The summed E-state index contributed by atoms with van der Waals surface area (Å²) in [6.45, 7) is 10.1. The minimum Gasteiger partial charge on any atom is -0.497 e. The van der Waals surface area contributed by atoms with Crippen LogP contribution in [-0.4, -0.2) is 68.7 Å². The SMILES string of the molecule is CCNC(=NCC(C)SC)N1CCN(c2ccc(OC)cc2)CC1. The topological polar surface area (TPSA) is 40.1 Å². The van der Waals surface area contributed by atoms with Gasteiger partial charge in [-0.1, -0.05) is 6.92 Å². The minimum atomic E-state index is 0.555. The molecule has 1 unspecified atom stereocenters. The van der Waals surface area contributed by atoms with E-state index in [9.17, 15) is 0 Å². The maximum atomic E-state index is 5.23. The second-order valence-corrected chi connectivity index (χ2v) is 7.19. The molecule has 6 heteroatoms. The number of ether oxygens (including phenoxy) is 1. The van der Waals surface area contributed by atoms with Gasteiger partial charge in [0, 0.05) is 43.7 Å². The predicted molar refractivity (Wildman–Crippen MR) is 106 cm³/mol. The number of nitrogens with zero attached hydrogens (tertiary/aromatic N) is 3. The number of nitrogens with one attached hydrogen (secondary N) is 1. The highest BCUT2D eigenvalue weighted by Crippen LogP contribution is 2.20. The molecule has 0 bridgehead atoms. The molecule has 0 amide bonds. The van der Waals surface area contributed by atoms with Gasteiger partial charge in [0.05, 0.1) is 13.7 Å². The average Bonchev–Trinajstić information content (AvgIpc) is 2.65. The van der Waals surface area contributed by atoms with E-state index < -0.39 is 0 Å². The van der Waals surface area contributed by atoms with Crippen LogP contribution in [0.2, 0.25) is 0 Å². The van der Waals surface area contributed by atoms with E-state index >= 15 is 0 Å². The number of hydrogen-bond donors (Lipinski definition) is 1. The molecule has 134 valence electrons. The van der Waals surface area contributed by atoms with Gasteiger partial charge in [-0.3, -0.25) is 4.99 Å². The summed E-state index contributed by atoms with van der Waals surface area (Å²) in [4.78, 5) is 9.60. The van der Waals surface area contributed by atoms with Crippen LogP contribution >= 0.6 is 11.8 Å². The predicted octanol–water partition coefficient (Wildman–Crippen LogP) is 2.53. The Morgan fingerprint density at radius 2 is 1.92 bits per heavy atom. The summed E-state index contributed by atoms with van der Waals surface area (Å²) in [5.41, 5.74) is 1.26. The van der Waals surface area contributed by atoms with Crippen molar-refractivity contribution in [1.82, 2.24) is 10.2 Å². The van der Waals surface area contributed by atoms with Crippen LogP contribution in [0.4, 0.5) is 5.69 Å². The summed E-state index contributed by atoms with van der Waals surface area (Å²) in [5.74, 6) is 1.95. The van der Waals surface area contributed by atoms with E-state index in [-0.39, 0.29) is 0 Å². The number of guanidine groups is 1. The molecular formula is C18H30N4OS. The molecule has 1 aliphatic heterocycles. The van der Waals surface area contributed by atoms with Crippen LogP contribution in [-0.2, 0) is 0 Å². The van der Waals surface area contributed by atoms with Crippen LogP contribution in [0.3, 0.4) is 0 Å². The van der Waals surface area contributed by atoms with Gasteiger partial charge in [0.25, 0.3) is 0 Å². The lowest BCUT2D eigenvalue weighted by atomic mass is 10.2. The second kappa shape index (κ2) is 9.67. The molecule has 1 N–H and O–H groups in total. The van der Waals surface area contributed by atoms with Crippen molar-refractivity contribution in [2.45, 2.75) is 19.1 Å². The van der Waals surface area contributed by atoms with Crippen LogP contribution < -0.4 is 15.0 Å². The highest BCUT2D eigenvalue weighted by molar-refractivity contribution is 7.99. The first-order valence-corrected chi connectivity index (χ1v) is 9.91. The zero-order chi connectivity index (χ0) is 17.4. The number of thioether (sulfide) groups is 1. The highest BCUT2D eigenvalue weighted by atomic mass is 32.2. The lowest BCUT2D eigenvalue weighted by Gasteiger charge is -2.37. The first kappa shape index (κ1) is 18.8. The zero-order valence-electron chi connectivity index (χ0n) is 15.3. The summed E-state index contributed by atoms with van der Waals surface area (Å²) in [6, 6.07) is 8.32. The van der Waals surface area contributed by atoms with Crippen molar-refractivity contribution in [2.24, 2.45) is 4.99 Å². The molecule has 1 aromatic rings. The van der Waals surface area contributed by atoms with Crippen molar-refractivity contribution in [1.29, 1.82) is 0 Å². The number of aliphatic imine (C=N–C) groups is 1. The molecule has 0 spiro atoms. The van der Waals surface area contributed by atoms with Crippen molar-refractivity contribution in [3.05, 3.63) is 24.3 Å². The van der Waals surface area contributed by atoms with Crippen molar-refractivity contribution >= 4 is 23.4 Å². The molecular weight excluding hydrogens is 320 g/mol. The molecule has 1 aromatic carbocycles. The van der Waals surface area contributed by atoms with E-state index in [0.717, 1.165) is 51.0 Å². The summed E-state index contributed by atoms with van der Waals surface area (Å²) >= 11 is 1.86. The summed E-state index contributed by atoms with van der Waals surface area (Å²) in [7, 11) is 1.70. The van der Waals surface area contributed by atoms with Crippen LogP contribution in [0.25, 0.3) is 0 Å². The molecule has 0 aliphatic carbocycles. The maximum Gasteiger partial charge on any atom is 0.194 e. The maximum absolute atomic E-state index is 5.23. The zero-order valence-corrected chi connectivity index (χ0v) is 16.1. The number of benzene rings is 1. The summed E-state index contributed by atoms with van der Waals surface area (Å²) < 4.78 is 5.23. The van der Waals surface area contributed by atoms with E-state index in [1.807, 2.05) is 23.9 Å². The molecule has 2 rings (SSSR count). The van der Waals surface area contributed by atoms with Crippen molar-refractivity contribution in [3.8, 4) is 5.75 Å². The Balaban J connectivity index is 1.93. The smallest absolute Gasteiger partial charge is 0.194 e. The lowest BCUT2D eigenvalue weighted by molar-refractivity contribution is 0.372. The Kier molecular flexibility index (Phi) is 7.56. The highest BCUT2D eigenvalue weighted by Gasteiger charge is 2.20. The minimum absolute atomic E-state index is 0.555. The van der Waals surface area contributed by atoms with Gasteiger partial charge in [0.15, 0.2) is 5.96 Å². The van der Waals surface area contributed by atoms with Gasteiger partial charge < -0.3 is 19.9 Å². The third-order valence-electron chi connectivity index (χ3n) is 4.25. The molecule has 0 radical (unpaired) electrons. The Hall–Kier alpha value is -1.56. The third kappa shape index (κ3) is 5.23. The fourth-order valence-electron chi connectivity index (χ4n) is 2.68. The van der Waals surface area contributed by atoms with Gasteiger partial charge in [-0.15, -0.1) is 0 Å². The summed E-state index contributed by atoms with van der Waals surface area (Å²) in [5, 5.41) is 3.99. The lowest BCUT2D eigenvalue weighted by Crippen LogP contribution is -2.52. The Labute approximate surface area is 150 Å². The average molecular weight is 351 g/mol. The molecule has 0 aromatic heterocycles. The standard InChI is InChI=1S/C18H30N4OS/c1-5-19-18(20-14-15(2)24-4)22-12-10-21(11-13-22)16-6-8-17(23-3)9-7-16/h6-9,15H,5,10-14H2,1-4H3,(H,19,20). The van der Waals surface area contributed by atoms with Crippen LogP contribution in [0.5, 0.6) is 5.75 Å². The first-order valence-electron chi connectivity index (χ1n) is 8.63. The van der Waals surface area contributed by atoms with Gasteiger partial charge in [0.1, 0.15) is 5.75 Å². The molecule has 1 heterocycles. The number of piperazine rings is 1. The van der Waals surface area contributed by atoms with Crippen LogP contribution in [0, 0.1) is 0 Å². The molecule has 1 saturated heterocycles. The van der Waals surface area contributed by atoms with Crippen molar-refractivity contribution in [2.75, 3.05) is 57.5 Å². The third-order valence-corrected chi connectivity index (χ3v) is 5.21. The quantitative estimate of drug-likeness (QED) is 0.631. The van der Waals surface area contributed by atoms with E-state index in [2.05, 4.69) is 47.4 Å². The van der Waals surface area contributed by atoms with E-state index in [0.29, 0.717) is 5.25 Å². The van der Waals surface area contributed by atoms with E-state index in [1.54, 1.807) is 7.11 Å². The molecule has 24 heavy (non-hydrogen) atoms. The fourth-order valence-corrected chi connectivity index (χ4v) is 2.91. The molecule has 1 aliphatic rings. The Bertz CT molecular complexity index is 512. The number of methoxy groups -OCH3 is 1. The normalized spacial score (nSPS) is 16.9. The first-order chi connectivity index (χ1) is 11.7. The molecule has 1 fully saturated rings.